The van der Waals surface area contributed by atoms with E-state index in [2.05, 4.69) is 21.2 Å². The lowest BCUT2D eigenvalue weighted by molar-refractivity contribution is -0.147. The van der Waals surface area contributed by atoms with E-state index in [4.69, 9.17) is 11.6 Å². The molecule has 0 spiro atoms. The summed E-state index contributed by atoms with van der Waals surface area (Å²) < 4.78 is 0.789. The molecule has 1 aliphatic heterocycles. The first kappa shape index (κ1) is 20.5. The van der Waals surface area contributed by atoms with E-state index in [1.807, 2.05) is 42.5 Å². The maximum Gasteiger partial charge on any atom is 0.248 e. The van der Waals surface area contributed by atoms with Crippen molar-refractivity contribution >= 4 is 50.9 Å². The van der Waals surface area contributed by atoms with Gasteiger partial charge in [0, 0.05) is 10.9 Å². The second-order valence-electron chi connectivity index (χ2n) is 8.37. The first-order valence-electron chi connectivity index (χ1n) is 10.3. The molecule has 3 aliphatic rings. The van der Waals surface area contributed by atoms with Crippen LogP contribution in [0.1, 0.15) is 12.0 Å². The molecule has 1 saturated heterocycles. The van der Waals surface area contributed by atoms with Gasteiger partial charge in [0.1, 0.15) is 6.04 Å². The van der Waals surface area contributed by atoms with E-state index in [0.717, 1.165) is 16.5 Å². The summed E-state index contributed by atoms with van der Waals surface area (Å²) in [5, 5.41) is 3.20. The van der Waals surface area contributed by atoms with Gasteiger partial charge in [-0.05, 0) is 42.0 Å². The van der Waals surface area contributed by atoms with E-state index >= 15 is 0 Å². The van der Waals surface area contributed by atoms with Crippen LogP contribution in [-0.2, 0) is 20.8 Å². The predicted octanol–water partition coefficient (Wildman–Crippen LogP) is 4.46. The molecule has 2 aromatic rings. The molecule has 1 saturated carbocycles. The highest BCUT2D eigenvalue weighted by Gasteiger charge is 2.61. The number of benzene rings is 2. The quantitative estimate of drug-likeness (QED) is 0.488. The average Bonchev–Trinajstić information content (AvgIpc) is 3.43. The number of rotatable bonds is 5. The Morgan fingerprint density at radius 3 is 2.32 bits per heavy atom. The number of nitrogens with one attached hydrogen (secondary N) is 1. The number of likely N-dealkylation sites (tertiary alicyclic amines) is 1. The number of anilines is 1. The van der Waals surface area contributed by atoms with Crippen LogP contribution in [0.5, 0.6) is 0 Å². The minimum Gasteiger partial charge on any atom is -0.323 e. The van der Waals surface area contributed by atoms with Gasteiger partial charge in [-0.1, -0.05) is 70.0 Å². The van der Waals surface area contributed by atoms with Crippen molar-refractivity contribution in [1.82, 2.24) is 4.90 Å². The largest absolute Gasteiger partial charge is 0.323 e. The molecule has 1 N–H and O–H groups in total. The summed E-state index contributed by atoms with van der Waals surface area (Å²) in [4.78, 5) is 41.3. The molecular formula is C24H20BrClN2O3. The van der Waals surface area contributed by atoms with Crippen LogP contribution < -0.4 is 5.32 Å². The van der Waals surface area contributed by atoms with Crippen molar-refractivity contribution in [3.05, 3.63) is 75.7 Å². The van der Waals surface area contributed by atoms with Gasteiger partial charge >= 0.3 is 0 Å². The maximum absolute atomic E-state index is 13.4. The lowest BCUT2D eigenvalue weighted by atomic mass is 9.85. The summed E-state index contributed by atoms with van der Waals surface area (Å²) in [6.45, 7) is 0. The minimum atomic E-state index is -0.938. The van der Waals surface area contributed by atoms with Gasteiger partial charge in [0.2, 0.25) is 17.7 Å². The van der Waals surface area contributed by atoms with E-state index in [1.54, 1.807) is 18.2 Å². The van der Waals surface area contributed by atoms with Gasteiger partial charge in [0.15, 0.2) is 0 Å². The summed E-state index contributed by atoms with van der Waals surface area (Å²) in [6, 6.07) is 13.6. The van der Waals surface area contributed by atoms with Crippen LogP contribution >= 0.6 is 27.5 Å². The molecule has 1 heterocycles. The van der Waals surface area contributed by atoms with Crippen LogP contribution in [0.4, 0.5) is 5.69 Å². The molecule has 31 heavy (non-hydrogen) atoms. The Hall–Kier alpha value is -2.44. The summed E-state index contributed by atoms with van der Waals surface area (Å²) in [5.41, 5.74) is 1.32. The highest BCUT2D eigenvalue weighted by Crippen LogP contribution is 2.53. The Bertz CT molecular complexity index is 1070. The number of hydrogen-bond donors (Lipinski definition) is 1. The first-order chi connectivity index (χ1) is 14.9. The Morgan fingerprint density at radius 2 is 1.71 bits per heavy atom. The van der Waals surface area contributed by atoms with Crippen molar-refractivity contribution in [1.29, 1.82) is 0 Å². The van der Waals surface area contributed by atoms with Crippen molar-refractivity contribution in [2.75, 3.05) is 5.32 Å². The lowest BCUT2D eigenvalue weighted by Crippen LogP contribution is -2.49. The summed E-state index contributed by atoms with van der Waals surface area (Å²) in [7, 11) is 0. The van der Waals surface area contributed by atoms with E-state index in [-0.39, 0.29) is 41.9 Å². The number of carbonyl (C=O) groups excluding carboxylic acids is 3. The number of nitrogens with zero attached hydrogens (tertiary/aromatic N) is 1. The van der Waals surface area contributed by atoms with Crippen molar-refractivity contribution in [2.45, 2.75) is 18.9 Å². The summed E-state index contributed by atoms with van der Waals surface area (Å²) in [6.07, 6.45) is 5.20. The van der Waals surface area contributed by atoms with Crippen LogP contribution in [-0.4, -0.2) is 28.7 Å². The molecule has 3 amide bonds. The van der Waals surface area contributed by atoms with Crippen molar-refractivity contribution in [3.63, 3.8) is 0 Å². The van der Waals surface area contributed by atoms with Gasteiger partial charge in [0.25, 0.3) is 0 Å². The molecule has 5 nitrogen and oxygen atoms in total. The number of halogens is 2. The molecule has 2 fully saturated rings. The van der Waals surface area contributed by atoms with Crippen molar-refractivity contribution in [3.8, 4) is 0 Å². The Kier molecular flexibility index (Phi) is 5.22. The molecule has 5 rings (SSSR count). The number of imide groups is 1. The summed E-state index contributed by atoms with van der Waals surface area (Å²) >= 11 is 9.63. The number of hydrogen-bond acceptors (Lipinski definition) is 3. The zero-order valence-corrected chi connectivity index (χ0v) is 18.8. The van der Waals surface area contributed by atoms with Crippen molar-refractivity contribution < 1.29 is 14.4 Å². The van der Waals surface area contributed by atoms with Gasteiger partial charge in [-0.3, -0.25) is 19.3 Å². The molecule has 2 aliphatic carbocycles. The van der Waals surface area contributed by atoms with Crippen molar-refractivity contribution in [2.24, 2.45) is 23.7 Å². The van der Waals surface area contributed by atoms with Crippen LogP contribution in [0.3, 0.4) is 0 Å². The third-order valence-corrected chi connectivity index (χ3v) is 7.39. The Balaban J connectivity index is 1.47. The second-order valence-corrected chi connectivity index (χ2v) is 9.69. The smallest absolute Gasteiger partial charge is 0.248 e. The van der Waals surface area contributed by atoms with Gasteiger partial charge in [-0.2, -0.15) is 0 Å². The fraction of sp³-hybridized carbons (Fsp3) is 0.292. The summed E-state index contributed by atoms with van der Waals surface area (Å²) in [5.74, 6) is -1.38. The molecule has 7 heteroatoms. The molecule has 2 bridgehead atoms. The van der Waals surface area contributed by atoms with E-state index in [9.17, 15) is 14.4 Å². The third-order valence-electron chi connectivity index (χ3n) is 6.58. The first-order valence-corrected chi connectivity index (χ1v) is 11.5. The fourth-order valence-corrected chi connectivity index (χ4v) is 5.90. The molecule has 5 atom stereocenters. The molecule has 0 unspecified atom stereocenters. The number of fused-ring (bicyclic) bond motifs is 5. The maximum atomic E-state index is 13.4. The van der Waals surface area contributed by atoms with Crippen LogP contribution in [0.25, 0.3) is 0 Å². The third kappa shape index (κ3) is 3.52. The lowest BCUT2D eigenvalue weighted by Gasteiger charge is -2.27. The normalized spacial score (nSPS) is 27.0. The van der Waals surface area contributed by atoms with Crippen LogP contribution in [0, 0.1) is 23.7 Å². The van der Waals surface area contributed by atoms with Gasteiger partial charge < -0.3 is 5.32 Å². The minimum absolute atomic E-state index is 0.0952. The topological polar surface area (TPSA) is 66.5 Å². The second kappa shape index (κ2) is 7.92. The molecule has 0 aromatic heterocycles. The number of amides is 3. The predicted molar refractivity (Wildman–Crippen MR) is 121 cm³/mol. The molecular weight excluding hydrogens is 480 g/mol. The van der Waals surface area contributed by atoms with Gasteiger partial charge in [-0.15, -0.1) is 0 Å². The number of allylic oxidation sites excluding steroid dienone is 2. The van der Waals surface area contributed by atoms with E-state index in [1.165, 1.54) is 4.90 Å². The van der Waals surface area contributed by atoms with Gasteiger partial charge in [0.05, 0.1) is 22.5 Å². The molecule has 2 aromatic carbocycles. The van der Waals surface area contributed by atoms with Gasteiger partial charge in [-0.25, -0.2) is 0 Å². The SMILES string of the molecule is O=C(Nc1ccc(Br)cc1Cl)[C@H](Cc1ccccc1)N1C(=O)[C@@H]2[C@@H](C1=O)[C@H]1C=C[C@H]2C1. The zero-order chi connectivity index (χ0) is 21.7. The molecule has 158 valence electrons. The Labute approximate surface area is 193 Å². The molecule has 0 radical (unpaired) electrons. The monoisotopic (exact) mass is 498 g/mol. The number of carbonyl (C=O) groups is 3. The van der Waals surface area contributed by atoms with E-state index in [0.29, 0.717) is 10.7 Å². The fourth-order valence-electron chi connectivity index (χ4n) is 5.18. The standard InChI is InChI=1S/C24H20BrClN2O3/c25-16-8-9-18(17(26)12-16)27-22(29)19(10-13-4-2-1-3-5-13)28-23(30)20-14-6-7-15(11-14)21(20)24(28)31/h1-9,12,14-15,19-21H,10-11H2,(H,27,29)/t14-,15-,19-,20-,21-/m0/s1. The van der Waals surface area contributed by atoms with Crippen LogP contribution in [0.15, 0.2) is 65.2 Å². The zero-order valence-electron chi connectivity index (χ0n) is 16.5. The Morgan fingerprint density at radius 1 is 1.06 bits per heavy atom. The highest BCUT2D eigenvalue weighted by atomic mass is 79.9. The average molecular weight is 500 g/mol. The van der Waals surface area contributed by atoms with Crippen LogP contribution in [0.2, 0.25) is 5.02 Å². The highest BCUT2D eigenvalue weighted by molar-refractivity contribution is 9.10. The van der Waals surface area contributed by atoms with E-state index < -0.39 is 11.9 Å².